The Morgan fingerprint density at radius 2 is 1.81 bits per heavy atom. The minimum atomic E-state index is 0.340. The Balaban J connectivity index is 1.85. The van der Waals surface area contributed by atoms with Crippen LogP contribution in [0.5, 0.6) is 0 Å². The molecule has 0 radical (unpaired) electrons. The van der Waals surface area contributed by atoms with Gasteiger partial charge in [-0.05, 0) is 49.7 Å². The van der Waals surface area contributed by atoms with Crippen LogP contribution in [0.4, 0.5) is 0 Å². The fourth-order valence-corrected chi connectivity index (χ4v) is 3.38. The molecule has 1 aliphatic rings. The summed E-state index contributed by atoms with van der Waals surface area (Å²) in [5, 5.41) is 1.21. The standard InChI is InChI=1S/C18H25N3/c19-14-18(21-11-4-2-1-3-5-12-21)16-8-9-17-15(13-16)7-6-10-20-17/h6-10,13,18H,1-5,11-12,14,19H2. The number of likely N-dealkylation sites (tertiary alicyclic amines) is 1. The molecular formula is C18H25N3. The Morgan fingerprint density at radius 3 is 2.57 bits per heavy atom. The number of nitrogens with zero attached hydrogens (tertiary/aromatic N) is 2. The fraction of sp³-hybridized carbons (Fsp3) is 0.500. The fourth-order valence-electron chi connectivity index (χ4n) is 3.38. The van der Waals surface area contributed by atoms with Gasteiger partial charge in [-0.2, -0.15) is 0 Å². The van der Waals surface area contributed by atoms with Crippen molar-refractivity contribution in [3.05, 3.63) is 42.1 Å². The molecule has 0 spiro atoms. The summed E-state index contributed by atoms with van der Waals surface area (Å²) in [5.74, 6) is 0. The van der Waals surface area contributed by atoms with E-state index in [0.717, 1.165) is 5.52 Å². The van der Waals surface area contributed by atoms with Crippen LogP contribution in [0, 0.1) is 0 Å². The first-order valence-corrected chi connectivity index (χ1v) is 8.17. The highest BCUT2D eigenvalue weighted by Gasteiger charge is 2.19. The monoisotopic (exact) mass is 283 g/mol. The van der Waals surface area contributed by atoms with E-state index < -0.39 is 0 Å². The van der Waals surface area contributed by atoms with Crippen LogP contribution in [-0.2, 0) is 0 Å². The van der Waals surface area contributed by atoms with Crippen LogP contribution in [0.1, 0.15) is 43.7 Å². The summed E-state index contributed by atoms with van der Waals surface area (Å²) < 4.78 is 0. The maximum absolute atomic E-state index is 6.11. The third-order valence-electron chi connectivity index (χ3n) is 4.57. The Hall–Kier alpha value is -1.45. The van der Waals surface area contributed by atoms with Crippen LogP contribution in [-0.4, -0.2) is 29.5 Å². The van der Waals surface area contributed by atoms with Crippen molar-refractivity contribution in [2.45, 2.75) is 38.1 Å². The van der Waals surface area contributed by atoms with Crippen molar-refractivity contribution in [2.24, 2.45) is 5.73 Å². The van der Waals surface area contributed by atoms with E-state index in [4.69, 9.17) is 5.73 Å². The first-order valence-electron chi connectivity index (χ1n) is 8.17. The van der Waals surface area contributed by atoms with E-state index in [2.05, 4.69) is 34.1 Å². The summed E-state index contributed by atoms with van der Waals surface area (Å²) in [6, 6.07) is 11.1. The van der Waals surface area contributed by atoms with E-state index >= 15 is 0 Å². The molecule has 3 nitrogen and oxygen atoms in total. The van der Waals surface area contributed by atoms with Gasteiger partial charge in [0, 0.05) is 24.2 Å². The van der Waals surface area contributed by atoms with Gasteiger partial charge in [-0.1, -0.05) is 31.4 Å². The Labute approximate surface area is 127 Å². The highest BCUT2D eigenvalue weighted by Crippen LogP contribution is 2.25. The number of hydrogen-bond acceptors (Lipinski definition) is 3. The lowest BCUT2D eigenvalue weighted by atomic mass is 10.00. The van der Waals surface area contributed by atoms with Gasteiger partial charge in [0.15, 0.2) is 0 Å². The normalized spacial score (nSPS) is 19.1. The van der Waals surface area contributed by atoms with E-state index in [-0.39, 0.29) is 0 Å². The Morgan fingerprint density at radius 1 is 1.05 bits per heavy atom. The lowest BCUT2D eigenvalue weighted by Crippen LogP contribution is -2.36. The summed E-state index contributed by atoms with van der Waals surface area (Å²) >= 11 is 0. The molecule has 2 aromatic rings. The van der Waals surface area contributed by atoms with Crippen molar-refractivity contribution in [3.8, 4) is 0 Å². The maximum Gasteiger partial charge on any atom is 0.0702 e. The maximum atomic E-state index is 6.11. The molecule has 0 amide bonds. The lowest BCUT2D eigenvalue weighted by Gasteiger charge is -2.32. The predicted molar refractivity (Wildman–Crippen MR) is 88.2 cm³/mol. The third-order valence-corrected chi connectivity index (χ3v) is 4.57. The molecule has 1 fully saturated rings. The highest BCUT2D eigenvalue weighted by atomic mass is 15.2. The van der Waals surface area contributed by atoms with Gasteiger partial charge in [-0.25, -0.2) is 0 Å². The van der Waals surface area contributed by atoms with Gasteiger partial charge in [0.2, 0.25) is 0 Å². The minimum absolute atomic E-state index is 0.340. The molecule has 0 bridgehead atoms. The van der Waals surface area contributed by atoms with Crippen LogP contribution in [0.15, 0.2) is 36.5 Å². The van der Waals surface area contributed by atoms with Crippen LogP contribution in [0.2, 0.25) is 0 Å². The van der Waals surface area contributed by atoms with Crippen LogP contribution < -0.4 is 5.73 Å². The smallest absolute Gasteiger partial charge is 0.0702 e. The molecule has 0 saturated carbocycles. The molecule has 1 aromatic carbocycles. The van der Waals surface area contributed by atoms with E-state index in [0.29, 0.717) is 12.6 Å². The summed E-state index contributed by atoms with van der Waals surface area (Å²) in [6.07, 6.45) is 8.55. The zero-order chi connectivity index (χ0) is 14.5. The number of fused-ring (bicyclic) bond motifs is 1. The second kappa shape index (κ2) is 7.01. The number of nitrogens with two attached hydrogens (primary N) is 1. The van der Waals surface area contributed by atoms with Crippen LogP contribution >= 0.6 is 0 Å². The highest BCUT2D eigenvalue weighted by molar-refractivity contribution is 5.79. The summed E-state index contributed by atoms with van der Waals surface area (Å²) in [4.78, 5) is 6.98. The largest absolute Gasteiger partial charge is 0.329 e. The van der Waals surface area contributed by atoms with E-state index in [1.54, 1.807) is 0 Å². The van der Waals surface area contributed by atoms with Gasteiger partial charge in [0.25, 0.3) is 0 Å². The predicted octanol–water partition coefficient (Wildman–Crippen LogP) is 3.50. The summed E-state index contributed by atoms with van der Waals surface area (Å²) in [7, 11) is 0. The van der Waals surface area contributed by atoms with E-state index in [9.17, 15) is 0 Å². The molecule has 1 aliphatic heterocycles. The van der Waals surface area contributed by atoms with Crippen molar-refractivity contribution in [2.75, 3.05) is 19.6 Å². The van der Waals surface area contributed by atoms with Crippen molar-refractivity contribution in [3.63, 3.8) is 0 Å². The van der Waals surface area contributed by atoms with Crippen LogP contribution in [0.3, 0.4) is 0 Å². The molecule has 1 aromatic heterocycles. The molecular weight excluding hydrogens is 258 g/mol. The van der Waals surface area contributed by atoms with Gasteiger partial charge in [0.05, 0.1) is 5.52 Å². The van der Waals surface area contributed by atoms with Gasteiger partial charge in [0.1, 0.15) is 0 Å². The second-order valence-electron chi connectivity index (χ2n) is 6.01. The van der Waals surface area contributed by atoms with Gasteiger partial charge < -0.3 is 5.73 Å². The summed E-state index contributed by atoms with van der Waals surface area (Å²) in [5.41, 5.74) is 8.50. The van der Waals surface area contributed by atoms with Crippen molar-refractivity contribution in [1.82, 2.24) is 9.88 Å². The number of pyridine rings is 1. The zero-order valence-corrected chi connectivity index (χ0v) is 12.7. The second-order valence-corrected chi connectivity index (χ2v) is 6.01. The quantitative estimate of drug-likeness (QED) is 0.937. The van der Waals surface area contributed by atoms with Gasteiger partial charge in [-0.3, -0.25) is 9.88 Å². The van der Waals surface area contributed by atoms with Crippen molar-refractivity contribution < 1.29 is 0 Å². The molecule has 3 heteroatoms. The number of aromatic nitrogens is 1. The summed E-state index contributed by atoms with van der Waals surface area (Å²) in [6.45, 7) is 3.03. The molecule has 21 heavy (non-hydrogen) atoms. The average Bonchev–Trinajstić information content (AvgIpc) is 2.49. The molecule has 2 heterocycles. The molecule has 3 rings (SSSR count). The minimum Gasteiger partial charge on any atom is -0.329 e. The number of rotatable bonds is 3. The molecule has 2 N–H and O–H groups in total. The number of hydrogen-bond donors (Lipinski definition) is 1. The number of benzene rings is 1. The molecule has 0 aliphatic carbocycles. The van der Waals surface area contributed by atoms with Crippen molar-refractivity contribution >= 4 is 10.9 Å². The molecule has 1 atom stereocenters. The first-order chi connectivity index (χ1) is 10.4. The van der Waals surface area contributed by atoms with Crippen LogP contribution in [0.25, 0.3) is 10.9 Å². The first kappa shape index (κ1) is 14.5. The molecule has 1 saturated heterocycles. The molecule has 1 unspecified atom stereocenters. The van der Waals surface area contributed by atoms with E-state index in [1.807, 2.05) is 12.3 Å². The SMILES string of the molecule is NCC(c1ccc2ncccc2c1)N1CCCCCCC1. The van der Waals surface area contributed by atoms with Gasteiger partial charge in [-0.15, -0.1) is 0 Å². The topological polar surface area (TPSA) is 42.1 Å². The van der Waals surface area contributed by atoms with Crippen molar-refractivity contribution in [1.29, 1.82) is 0 Å². The van der Waals surface area contributed by atoms with Gasteiger partial charge >= 0.3 is 0 Å². The lowest BCUT2D eigenvalue weighted by molar-refractivity contribution is 0.184. The Bertz CT molecular complexity index is 573. The average molecular weight is 283 g/mol. The zero-order valence-electron chi connectivity index (χ0n) is 12.7. The third kappa shape index (κ3) is 3.42. The molecule has 112 valence electrons. The van der Waals surface area contributed by atoms with E-state index in [1.165, 1.54) is 56.1 Å². The Kier molecular flexibility index (Phi) is 4.84.